The quantitative estimate of drug-likeness (QED) is 0.735. The van der Waals surface area contributed by atoms with Gasteiger partial charge in [0.2, 0.25) is 0 Å². The zero-order valence-corrected chi connectivity index (χ0v) is 8.06. The standard InChI is InChI=1S/C11H13F2N/c1-7(14)9-4-2-3-8-5-11(12,13)6-10(8)9/h2-4,7H,5-6,14H2,1H3/t7-/m1/s1. The zero-order chi connectivity index (χ0) is 10.3. The van der Waals surface area contributed by atoms with Crippen LogP contribution in [0.3, 0.4) is 0 Å². The number of nitrogens with two attached hydrogens (primary N) is 1. The second kappa shape index (κ2) is 3.02. The Morgan fingerprint density at radius 2 is 2.07 bits per heavy atom. The van der Waals surface area contributed by atoms with E-state index in [1.807, 2.05) is 13.0 Å². The number of fused-ring (bicyclic) bond motifs is 1. The number of halogens is 2. The molecule has 1 aliphatic carbocycles. The Morgan fingerprint density at radius 1 is 1.36 bits per heavy atom. The molecule has 0 unspecified atom stereocenters. The number of hydrogen-bond acceptors (Lipinski definition) is 1. The molecule has 0 saturated carbocycles. The van der Waals surface area contributed by atoms with E-state index in [4.69, 9.17) is 5.73 Å². The Hall–Kier alpha value is -0.960. The predicted molar refractivity (Wildman–Crippen MR) is 51.4 cm³/mol. The maximum atomic E-state index is 13.1. The first-order valence-corrected chi connectivity index (χ1v) is 4.74. The van der Waals surface area contributed by atoms with Crippen molar-refractivity contribution in [2.75, 3.05) is 0 Å². The first-order valence-electron chi connectivity index (χ1n) is 4.74. The van der Waals surface area contributed by atoms with Crippen molar-refractivity contribution in [3.8, 4) is 0 Å². The van der Waals surface area contributed by atoms with Crippen molar-refractivity contribution in [2.45, 2.75) is 31.7 Å². The fourth-order valence-electron chi connectivity index (χ4n) is 2.06. The molecule has 0 spiro atoms. The number of alkyl halides is 2. The molecule has 1 aromatic carbocycles. The van der Waals surface area contributed by atoms with Crippen molar-refractivity contribution in [3.05, 3.63) is 34.9 Å². The second-order valence-corrected chi connectivity index (χ2v) is 3.98. The van der Waals surface area contributed by atoms with Gasteiger partial charge in [0, 0.05) is 18.9 Å². The summed E-state index contributed by atoms with van der Waals surface area (Å²) in [4.78, 5) is 0. The third kappa shape index (κ3) is 1.52. The second-order valence-electron chi connectivity index (χ2n) is 3.98. The van der Waals surface area contributed by atoms with Crippen LogP contribution in [0.15, 0.2) is 18.2 Å². The molecule has 1 nitrogen and oxygen atoms in total. The van der Waals surface area contributed by atoms with E-state index in [2.05, 4.69) is 0 Å². The van der Waals surface area contributed by atoms with Gasteiger partial charge in [-0.3, -0.25) is 0 Å². The lowest BCUT2D eigenvalue weighted by molar-refractivity contribution is 0.0129. The summed E-state index contributed by atoms with van der Waals surface area (Å²) in [6.07, 6.45) is -0.289. The smallest absolute Gasteiger partial charge is 0.256 e. The summed E-state index contributed by atoms with van der Waals surface area (Å²) >= 11 is 0. The van der Waals surface area contributed by atoms with Crippen LogP contribution in [-0.2, 0) is 12.8 Å². The van der Waals surface area contributed by atoms with Gasteiger partial charge in [-0.05, 0) is 23.6 Å². The maximum Gasteiger partial charge on any atom is 0.256 e. The van der Waals surface area contributed by atoms with E-state index in [0.29, 0.717) is 0 Å². The van der Waals surface area contributed by atoms with E-state index in [1.54, 1.807) is 12.1 Å². The maximum absolute atomic E-state index is 13.1. The highest BCUT2D eigenvalue weighted by molar-refractivity contribution is 5.42. The summed E-state index contributed by atoms with van der Waals surface area (Å²) in [5, 5.41) is 0. The van der Waals surface area contributed by atoms with Gasteiger partial charge in [0.25, 0.3) is 5.92 Å². The van der Waals surface area contributed by atoms with Crippen molar-refractivity contribution < 1.29 is 8.78 Å². The third-order valence-corrected chi connectivity index (χ3v) is 2.68. The topological polar surface area (TPSA) is 26.0 Å². The lowest BCUT2D eigenvalue weighted by atomic mass is 9.99. The highest BCUT2D eigenvalue weighted by Crippen LogP contribution is 2.37. The van der Waals surface area contributed by atoms with E-state index in [9.17, 15) is 8.78 Å². The fraction of sp³-hybridized carbons (Fsp3) is 0.455. The number of hydrogen-bond donors (Lipinski definition) is 1. The van der Waals surface area contributed by atoms with Crippen LogP contribution in [0.4, 0.5) is 8.78 Å². The van der Waals surface area contributed by atoms with Crippen molar-refractivity contribution >= 4 is 0 Å². The van der Waals surface area contributed by atoms with Gasteiger partial charge in [0.1, 0.15) is 0 Å². The molecule has 0 bridgehead atoms. The Morgan fingerprint density at radius 3 is 2.71 bits per heavy atom. The molecule has 1 aromatic rings. The molecule has 76 valence electrons. The van der Waals surface area contributed by atoms with Gasteiger partial charge in [-0.15, -0.1) is 0 Å². The van der Waals surface area contributed by atoms with E-state index in [0.717, 1.165) is 16.7 Å². The van der Waals surface area contributed by atoms with Gasteiger partial charge < -0.3 is 5.73 Å². The summed E-state index contributed by atoms with van der Waals surface area (Å²) in [6, 6.07) is 5.24. The van der Waals surface area contributed by atoms with Gasteiger partial charge in [-0.25, -0.2) is 8.78 Å². The molecule has 0 aromatic heterocycles. The number of benzene rings is 1. The Balaban J connectivity index is 2.46. The number of rotatable bonds is 1. The molecule has 2 rings (SSSR count). The molecule has 3 heteroatoms. The van der Waals surface area contributed by atoms with Gasteiger partial charge in [0.15, 0.2) is 0 Å². The molecule has 14 heavy (non-hydrogen) atoms. The highest BCUT2D eigenvalue weighted by atomic mass is 19.3. The fourth-order valence-corrected chi connectivity index (χ4v) is 2.06. The minimum absolute atomic E-state index is 0.136. The van der Waals surface area contributed by atoms with E-state index >= 15 is 0 Å². The molecule has 0 aliphatic heterocycles. The van der Waals surface area contributed by atoms with Crippen LogP contribution in [0.1, 0.15) is 29.7 Å². The summed E-state index contributed by atoms with van der Waals surface area (Å²) in [7, 11) is 0. The summed E-state index contributed by atoms with van der Waals surface area (Å²) < 4.78 is 26.3. The first-order chi connectivity index (χ1) is 6.49. The molecule has 0 radical (unpaired) electrons. The van der Waals surface area contributed by atoms with Gasteiger partial charge in [0.05, 0.1) is 0 Å². The lowest BCUT2D eigenvalue weighted by Crippen LogP contribution is -2.15. The molecular formula is C11H13F2N. The van der Waals surface area contributed by atoms with E-state index in [1.165, 1.54) is 0 Å². The normalized spacial score (nSPS) is 20.6. The minimum Gasteiger partial charge on any atom is -0.324 e. The average Bonchev–Trinajstić information content (AvgIpc) is 2.36. The summed E-state index contributed by atoms with van der Waals surface area (Å²) in [5.74, 6) is -2.58. The molecule has 0 saturated heterocycles. The van der Waals surface area contributed by atoms with E-state index < -0.39 is 5.92 Å². The molecule has 1 atom stereocenters. The van der Waals surface area contributed by atoms with Crippen molar-refractivity contribution in [2.24, 2.45) is 5.73 Å². The lowest BCUT2D eigenvalue weighted by Gasteiger charge is -2.11. The largest absolute Gasteiger partial charge is 0.324 e. The molecule has 1 aliphatic rings. The summed E-state index contributed by atoms with van der Waals surface area (Å²) in [6.45, 7) is 1.83. The van der Waals surface area contributed by atoms with E-state index in [-0.39, 0.29) is 18.9 Å². The van der Waals surface area contributed by atoms with Crippen LogP contribution in [0.2, 0.25) is 0 Å². The van der Waals surface area contributed by atoms with Gasteiger partial charge in [-0.2, -0.15) is 0 Å². The van der Waals surface area contributed by atoms with Crippen LogP contribution >= 0.6 is 0 Å². The van der Waals surface area contributed by atoms with Crippen molar-refractivity contribution in [1.82, 2.24) is 0 Å². The van der Waals surface area contributed by atoms with Crippen LogP contribution in [0.5, 0.6) is 0 Å². The first kappa shape index (κ1) is 9.59. The monoisotopic (exact) mass is 197 g/mol. The third-order valence-electron chi connectivity index (χ3n) is 2.68. The van der Waals surface area contributed by atoms with Gasteiger partial charge in [-0.1, -0.05) is 18.2 Å². The van der Waals surface area contributed by atoms with Gasteiger partial charge >= 0.3 is 0 Å². The van der Waals surface area contributed by atoms with Crippen molar-refractivity contribution in [3.63, 3.8) is 0 Å². The highest BCUT2D eigenvalue weighted by Gasteiger charge is 2.38. The van der Waals surface area contributed by atoms with Crippen LogP contribution < -0.4 is 5.73 Å². The molecule has 0 amide bonds. The Labute approximate surface area is 81.9 Å². The molecule has 2 N–H and O–H groups in total. The predicted octanol–water partition coefficient (Wildman–Crippen LogP) is 2.44. The van der Waals surface area contributed by atoms with Crippen molar-refractivity contribution in [1.29, 1.82) is 0 Å². The molecule has 0 heterocycles. The SMILES string of the molecule is C[C@@H](N)c1cccc2c1CC(F)(F)C2. The summed E-state index contributed by atoms with van der Waals surface area (Å²) in [5.41, 5.74) is 8.10. The molecule has 0 fully saturated rings. The van der Waals surface area contributed by atoms with Crippen LogP contribution in [0, 0.1) is 0 Å². The van der Waals surface area contributed by atoms with Crippen LogP contribution in [-0.4, -0.2) is 5.92 Å². The molecular weight excluding hydrogens is 184 g/mol. The Kier molecular flexibility index (Phi) is 2.07. The Bertz CT molecular complexity index is 358. The van der Waals surface area contributed by atoms with Crippen LogP contribution in [0.25, 0.3) is 0 Å². The zero-order valence-electron chi connectivity index (χ0n) is 8.06. The minimum atomic E-state index is -2.58. The average molecular weight is 197 g/mol.